The summed E-state index contributed by atoms with van der Waals surface area (Å²) >= 11 is 0. The molecule has 0 bridgehead atoms. The number of nitrogens with zero attached hydrogens (tertiary/aromatic N) is 3. The summed E-state index contributed by atoms with van der Waals surface area (Å²) in [6, 6.07) is 10.3. The lowest BCUT2D eigenvalue weighted by atomic mass is 10.1. The lowest BCUT2D eigenvalue weighted by Gasteiger charge is -2.17. The van der Waals surface area contributed by atoms with Gasteiger partial charge < -0.3 is 11.1 Å². The van der Waals surface area contributed by atoms with Gasteiger partial charge in [0.1, 0.15) is 6.34 Å². The van der Waals surface area contributed by atoms with Crippen molar-refractivity contribution in [3.63, 3.8) is 0 Å². The zero-order chi connectivity index (χ0) is 15.8. The fourth-order valence-electron chi connectivity index (χ4n) is 2.12. The average molecular weight is 295 g/mol. The molecule has 0 amide bonds. The van der Waals surface area contributed by atoms with Gasteiger partial charge in [-0.15, -0.1) is 0 Å². The van der Waals surface area contributed by atoms with Gasteiger partial charge in [0.2, 0.25) is 5.96 Å². The summed E-state index contributed by atoms with van der Waals surface area (Å²) in [4.78, 5) is 4.19. The van der Waals surface area contributed by atoms with Crippen LogP contribution in [0.25, 0.3) is 5.57 Å². The Bertz CT molecular complexity index is 638. The van der Waals surface area contributed by atoms with Gasteiger partial charge in [-0.05, 0) is 17.2 Å². The van der Waals surface area contributed by atoms with E-state index in [1.165, 1.54) is 17.5 Å². The molecule has 1 aliphatic rings. The van der Waals surface area contributed by atoms with Crippen LogP contribution >= 0.6 is 0 Å². The molecule has 1 aromatic carbocycles. The molecule has 0 fully saturated rings. The highest BCUT2D eigenvalue weighted by atomic mass is 15.5. The molecule has 5 nitrogen and oxygen atoms in total. The van der Waals surface area contributed by atoms with Crippen molar-refractivity contribution in [2.75, 3.05) is 14.1 Å². The van der Waals surface area contributed by atoms with E-state index < -0.39 is 0 Å². The maximum Gasteiger partial charge on any atom is 0.218 e. The van der Waals surface area contributed by atoms with Crippen molar-refractivity contribution in [1.82, 2.24) is 10.3 Å². The van der Waals surface area contributed by atoms with Crippen LogP contribution in [0.2, 0.25) is 0 Å². The Kier molecular flexibility index (Phi) is 5.54. The van der Waals surface area contributed by atoms with Crippen molar-refractivity contribution >= 4 is 17.9 Å². The van der Waals surface area contributed by atoms with Crippen molar-refractivity contribution in [2.24, 2.45) is 15.8 Å². The molecule has 3 N–H and O–H groups in total. The van der Waals surface area contributed by atoms with E-state index in [2.05, 4.69) is 51.8 Å². The Morgan fingerprint density at radius 1 is 1.27 bits per heavy atom. The van der Waals surface area contributed by atoms with Crippen LogP contribution < -0.4 is 11.1 Å². The van der Waals surface area contributed by atoms with Gasteiger partial charge in [0.25, 0.3) is 0 Å². The van der Waals surface area contributed by atoms with E-state index in [-0.39, 0.29) is 0 Å². The molecule has 5 heteroatoms. The number of hydrazone groups is 1. The molecule has 0 spiro atoms. The van der Waals surface area contributed by atoms with E-state index in [9.17, 15) is 0 Å². The molecule has 0 saturated carbocycles. The summed E-state index contributed by atoms with van der Waals surface area (Å²) in [5, 5.41) is 8.85. The number of nitrogens with one attached hydrogen (secondary N) is 1. The molecule has 0 aromatic heterocycles. The Morgan fingerprint density at radius 2 is 2.05 bits per heavy atom. The van der Waals surface area contributed by atoms with Crippen LogP contribution in [-0.2, 0) is 0 Å². The quantitative estimate of drug-likeness (QED) is 0.511. The zero-order valence-corrected chi connectivity index (χ0v) is 12.9. The van der Waals surface area contributed by atoms with Gasteiger partial charge in [-0.3, -0.25) is 4.99 Å². The van der Waals surface area contributed by atoms with Crippen LogP contribution in [0.3, 0.4) is 0 Å². The smallest absolute Gasteiger partial charge is 0.218 e. The van der Waals surface area contributed by atoms with Gasteiger partial charge in [-0.1, -0.05) is 48.6 Å². The molecule has 0 aliphatic heterocycles. The molecule has 0 heterocycles. The number of rotatable bonds is 3. The molecule has 0 unspecified atom stereocenters. The highest BCUT2D eigenvalue weighted by Crippen LogP contribution is 2.19. The van der Waals surface area contributed by atoms with Crippen LogP contribution in [0, 0.1) is 0 Å². The minimum absolute atomic E-state index is 0.637. The molecule has 2 rings (SSSR count). The first-order chi connectivity index (χ1) is 10.7. The first-order valence-corrected chi connectivity index (χ1v) is 7.09. The third-order valence-corrected chi connectivity index (χ3v) is 3.24. The molecule has 0 saturated heterocycles. The predicted octanol–water partition coefficient (Wildman–Crippen LogP) is 2.32. The normalized spacial score (nSPS) is 15.3. The summed E-state index contributed by atoms with van der Waals surface area (Å²) in [5.74, 6) is 0.637. The van der Waals surface area contributed by atoms with E-state index in [0.29, 0.717) is 5.96 Å². The first-order valence-electron chi connectivity index (χ1n) is 7.09. The number of hydrogen-bond acceptors (Lipinski definition) is 2. The topological polar surface area (TPSA) is 66.0 Å². The van der Waals surface area contributed by atoms with Gasteiger partial charge >= 0.3 is 0 Å². The van der Waals surface area contributed by atoms with E-state index in [4.69, 9.17) is 5.73 Å². The minimum atomic E-state index is 0.637. The number of guanidine groups is 1. The maximum atomic E-state index is 5.31. The summed E-state index contributed by atoms with van der Waals surface area (Å²) in [7, 11) is 3.50. The highest BCUT2D eigenvalue weighted by Gasteiger charge is 2.07. The van der Waals surface area contributed by atoms with Crippen molar-refractivity contribution in [1.29, 1.82) is 0 Å². The van der Waals surface area contributed by atoms with Gasteiger partial charge in [-0.2, -0.15) is 5.10 Å². The molecular formula is C17H21N5. The SMILES string of the molecule is CN=C(NC1=CC=C(c2ccccc2)C=CC1)N(C)/N=C/N. The fourth-order valence-corrected chi connectivity index (χ4v) is 2.12. The van der Waals surface area contributed by atoms with Gasteiger partial charge in [0.15, 0.2) is 0 Å². The third-order valence-electron chi connectivity index (χ3n) is 3.24. The van der Waals surface area contributed by atoms with Gasteiger partial charge in [0, 0.05) is 26.2 Å². The Labute approximate surface area is 131 Å². The summed E-state index contributed by atoms with van der Waals surface area (Å²) in [6.07, 6.45) is 10.5. The molecule has 1 aliphatic carbocycles. The van der Waals surface area contributed by atoms with Crippen molar-refractivity contribution < 1.29 is 0 Å². The van der Waals surface area contributed by atoms with Gasteiger partial charge in [-0.25, -0.2) is 5.01 Å². The van der Waals surface area contributed by atoms with E-state index in [1.54, 1.807) is 19.1 Å². The van der Waals surface area contributed by atoms with Crippen LogP contribution in [0.5, 0.6) is 0 Å². The molecular weight excluding hydrogens is 274 g/mol. The number of allylic oxidation sites excluding steroid dienone is 5. The predicted molar refractivity (Wildman–Crippen MR) is 93.2 cm³/mol. The molecule has 1 aromatic rings. The summed E-state index contributed by atoms with van der Waals surface area (Å²) in [6.45, 7) is 0. The zero-order valence-electron chi connectivity index (χ0n) is 12.9. The highest BCUT2D eigenvalue weighted by molar-refractivity contribution is 5.82. The maximum absolute atomic E-state index is 5.31. The van der Waals surface area contributed by atoms with Crippen LogP contribution in [-0.4, -0.2) is 31.4 Å². The van der Waals surface area contributed by atoms with Crippen LogP contribution in [0.4, 0.5) is 0 Å². The number of hydrogen-bond donors (Lipinski definition) is 2. The van der Waals surface area contributed by atoms with E-state index in [0.717, 1.165) is 12.1 Å². The van der Waals surface area contributed by atoms with E-state index in [1.807, 2.05) is 18.2 Å². The molecule has 0 radical (unpaired) electrons. The molecule has 114 valence electrons. The lowest BCUT2D eigenvalue weighted by molar-refractivity contribution is 0.525. The standard InChI is InChI=1S/C17H21N5/c1-19-17(22(2)20-13-18)21-16-10-6-9-15(11-12-16)14-7-4-3-5-8-14/h3-9,11-13H,10H2,1-2H3,(H2,18,20)(H,19,21). The monoisotopic (exact) mass is 295 g/mol. The number of aliphatic imine (C=N–C) groups is 1. The Balaban J connectivity index is 2.15. The van der Waals surface area contributed by atoms with E-state index >= 15 is 0 Å². The Hall–Kier alpha value is -2.82. The van der Waals surface area contributed by atoms with Crippen molar-refractivity contribution in [3.8, 4) is 0 Å². The van der Waals surface area contributed by atoms with Crippen molar-refractivity contribution in [3.05, 3.63) is 65.9 Å². The third kappa shape index (κ3) is 4.09. The molecule has 22 heavy (non-hydrogen) atoms. The molecule has 0 atom stereocenters. The van der Waals surface area contributed by atoms with Gasteiger partial charge in [0.05, 0.1) is 0 Å². The number of benzene rings is 1. The largest absolute Gasteiger partial charge is 0.388 e. The summed E-state index contributed by atoms with van der Waals surface area (Å²) < 4.78 is 0. The average Bonchev–Trinajstić information content (AvgIpc) is 2.79. The minimum Gasteiger partial charge on any atom is -0.388 e. The second-order valence-electron chi connectivity index (χ2n) is 4.75. The van der Waals surface area contributed by atoms with Crippen molar-refractivity contribution in [2.45, 2.75) is 6.42 Å². The summed E-state index contributed by atoms with van der Waals surface area (Å²) in [5.41, 5.74) is 8.74. The second-order valence-corrected chi connectivity index (χ2v) is 4.75. The fraction of sp³-hybridized carbons (Fsp3) is 0.176. The first kappa shape index (κ1) is 15.6. The lowest BCUT2D eigenvalue weighted by Crippen LogP contribution is -2.35. The second kappa shape index (κ2) is 7.83. The van der Waals surface area contributed by atoms with Crippen LogP contribution in [0.15, 0.2) is 70.4 Å². The Morgan fingerprint density at radius 3 is 2.73 bits per heavy atom. The number of nitrogens with two attached hydrogens (primary N) is 1. The van der Waals surface area contributed by atoms with Crippen LogP contribution in [0.1, 0.15) is 12.0 Å².